The smallest absolute Gasteiger partial charge is 0.246 e. The molecule has 0 radical (unpaired) electrons. The number of piperidine rings is 1. The third-order valence-electron chi connectivity index (χ3n) is 2.47. The standard InChI is InChI=1S/C8H14N2O2/c1-5(2)8(9)4-3-6(11)10-7(8)12/h5H,3-4,9H2,1-2H3,(H,10,11,12). The van der Waals surface area contributed by atoms with Gasteiger partial charge in [0.25, 0.3) is 0 Å². The number of nitrogens with one attached hydrogen (secondary N) is 1. The molecule has 1 fully saturated rings. The molecule has 3 N–H and O–H groups in total. The molecule has 1 heterocycles. The molecule has 4 nitrogen and oxygen atoms in total. The zero-order valence-corrected chi connectivity index (χ0v) is 7.39. The maximum atomic E-state index is 11.3. The van der Waals surface area contributed by atoms with Crippen molar-refractivity contribution in [3.05, 3.63) is 0 Å². The van der Waals surface area contributed by atoms with E-state index in [0.717, 1.165) is 0 Å². The van der Waals surface area contributed by atoms with E-state index in [9.17, 15) is 9.59 Å². The molecule has 1 atom stereocenters. The van der Waals surface area contributed by atoms with Crippen LogP contribution in [0.4, 0.5) is 0 Å². The van der Waals surface area contributed by atoms with E-state index in [1.807, 2.05) is 13.8 Å². The van der Waals surface area contributed by atoms with Crippen LogP contribution in [0.5, 0.6) is 0 Å². The summed E-state index contributed by atoms with van der Waals surface area (Å²) in [6.07, 6.45) is 0.801. The van der Waals surface area contributed by atoms with Gasteiger partial charge in [0, 0.05) is 6.42 Å². The van der Waals surface area contributed by atoms with Gasteiger partial charge in [0.15, 0.2) is 0 Å². The minimum absolute atomic E-state index is 0.0607. The van der Waals surface area contributed by atoms with Crippen molar-refractivity contribution < 1.29 is 9.59 Å². The van der Waals surface area contributed by atoms with Crippen LogP contribution in [-0.2, 0) is 9.59 Å². The van der Waals surface area contributed by atoms with Gasteiger partial charge >= 0.3 is 0 Å². The van der Waals surface area contributed by atoms with Crippen molar-refractivity contribution in [1.82, 2.24) is 5.32 Å². The number of hydrogen-bond acceptors (Lipinski definition) is 3. The lowest BCUT2D eigenvalue weighted by molar-refractivity contribution is -0.138. The minimum atomic E-state index is -0.853. The summed E-state index contributed by atoms with van der Waals surface area (Å²) in [5, 5.41) is 2.25. The van der Waals surface area contributed by atoms with Gasteiger partial charge in [-0.15, -0.1) is 0 Å². The molecule has 0 bridgehead atoms. The molecule has 0 saturated carbocycles. The molecule has 0 aromatic heterocycles. The first-order chi connectivity index (χ1) is 5.47. The SMILES string of the molecule is CC(C)C1(N)CCC(=O)NC1=O. The first-order valence-electron chi connectivity index (χ1n) is 4.10. The lowest BCUT2D eigenvalue weighted by atomic mass is 9.80. The molecule has 4 heteroatoms. The van der Waals surface area contributed by atoms with E-state index in [-0.39, 0.29) is 17.7 Å². The zero-order chi connectivity index (χ0) is 9.35. The second kappa shape index (κ2) is 2.86. The Hall–Kier alpha value is -0.900. The molecule has 68 valence electrons. The van der Waals surface area contributed by atoms with Crippen LogP contribution in [0.15, 0.2) is 0 Å². The molecule has 1 saturated heterocycles. The number of rotatable bonds is 1. The maximum Gasteiger partial charge on any atom is 0.246 e. The molecule has 0 aliphatic carbocycles. The summed E-state index contributed by atoms with van der Waals surface area (Å²) in [7, 11) is 0. The molecule has 2 amide bonds. The molecular weight excluding hydrogens is 156 g/mol. The summed E-state index contributed by atoms with van der Waals surface area (Å²) in [6, 6.07) is 0. The Morgan fingerprint density at radius 3 is 2.50 bits per heavy atom. The van der Waals surface area contributed by atoms with E-state index >= 15 is 0 Å². The van der Waals surface area contributed by atoms with Gasteiger partial charge in [-0.3, -0.25) is 14.9 Å². The van der Waals surface area contributed by atoms with Crippen molar-refractivity contribution in [2.75, 3.05) is 0 Å². The average molecular weight is 170 g/mol. The Labute approximate surface area is 71.5 Å². The number of hydrogen-bond donors (Lipinski definition) is 2. The third-order valence-corrected chi connectivity index (χ3v) is 2.47. The van der Waals surface area contributed by atoms with Crippen molar-refractivity contribution in [2.24, 2.45) is 11.7 Å². The highest BCUT2D eigenvalue weighted by atomic mass is 16.2. The Balaban J connectivity index is 2.80. The highest BCUT2D eigenvalue weighted by Gasteiger charge is 2.41. The number of imide groups is 1. The van der Waals surface area contributed by atoms with Crippen molar-refractivity contribution in [2.45, 2.75) is 32.2 Å². The molecule has 1 unspecified atom stereocenters. The van der Waals surface area contributed by atoms with Crippen molar-refractivity contribution in [1.29, 1.82) is 0 Å². The van der Waals surface area contributed by atoms with Crippen LogP contribution in [0, 0.1) is 5.92 Å². The molecule has 1 rings (SSSR count). The highest BCUT2D eigenvalue weighted by molar-refractivity contribution is 6.02. The van der Waals surface area contributed by atoms with Crippen LogP contribution in [0.1, 0.15) is 26.7 Å². The van der Waals surface area contributed by atoms with Crippen molar-refractivity contribution in [3.8, 4) is 0 Å². The number of amides is 2. The van der Waals surface area contributed by atoms with Gasteiger partial charge in [-0.25, -0.2) is 0 Å². The quantitative estimate of drug-likeness (QED) is 0.534. The molecular formula is C8H14N2O2. The van der Waals surface area contributed by atoms with Crippen LogP contribution in [-0.4, -0.2) is 17.4 Å². The summed E-state index contributed by atoms with van der Waals surface area (Å²) < 4.78 is 0. The molecule has 0 aromatic rings. The van der Waals surface area contributed by atoms with Crippen molar-refractivity contribution in [3.63, 3.8) is 0 Å². The highest BCUT2D eigenvalue weighted by Crippen LogP contribution is 2.23. The second-order valence-electron chi connectivity index (χ2n) is 3.57. The van der Waals surface area contributed by atoms with Crippen LogP contribution < -0.4 is 11.1 Å². The normalized spacial score (nSPS) is 30.7. The number of carbonyl (C=O) groups is 2. The first-order valence-corrected chi connectivity index (χ1v) is 4.10. The van der Waals surface area contributed by atoms with Gasteiger partial charge in [-0.2, -0.15) is 0 Å². The topological polar surface area (TPSA) is 72.2 Å². The molecule has 1 aliphatic rings. The van der Waals surface area contributed by atoms with E-state index in [4.69, 9.17) is 5.73 Å². The third kappa shape index (κ3) is 1.34. The summed E-state index contributed by atoms with van der Waals surface area (Å²) in [5.74, 6) is -0.499. The minimum Gasteiger partial charge on any atom is -0.317 e. The Morgan fingerprint density at radius 2 is 2.08 bits per heavy atom. The lowest BCUT2D eigenvalue weighted by Crippen LogP contribution is -2.62. The van der Waals surface area contributed by atoms with E-state index in [0.29, 0.717) is 12.8 Å². The van der Waals surface area contributed by atoms with Crippen LogP contribution in [0.25, 0.3) is 0 Å². The predicted molar refractivity (Wildman–Crippen MR) is 44.1 cm³/mol. The van der Waals surface area contributed by atoms with Crippen LogP contribution >= 0.6 is 0 Å². The summed E-state index contributed by atoms with van der Waals surface area (Å²) in [6.45, 7) is 3.77. The monoisotopic (exact) mass is 170 g/mol. The predicted octanol–water partition coefficient (Wildman–Crippen LogP) is -0.223. The van der Waals surface area contributed by atoms with Gasteiger partial charge in [0.05, 0.1) is 5.54 Å². The van der Waals surface area contributed by atoms with E-state index in [2.05, 4.69) is 5.32 Å². The molecule has 1 aliphatic heterocycles. The summed E-state index contributed by atoms with van der Waals surface area (Å²) >= 11 is 0. The van der Waals surface area contributed by atoms with Gasteiger partial charge in [0.1, 0.15) is 0 Å². The zero-order valence-electron chi connectivity index (χ0n) is 7.39. The second-order valence-corrected chi connectivity index (χ2v) is 3.57. The van der Waals surface area contributed by atoms with Gasteiger partial charge in [-0.05, 0) is 12.3 Å². The van der Waals surface area contributed by atoms with Crippen molar-refractivity contribution >= 4 is 11.8 Å². The average Bonchev–Trinajstić information content (AvgIpc) is 1.97. The number of nitrogens with two attached hydrogens (primary N) is 1. The van der Waals surface area contributed by atoms with Gasteiger partial charge < -0.3 is 5.73 Å². The summed E-state index contributed by atoms with van der Waals surface area (Å²) in [4.78, 5) is 22.1. The fraction of sp³-hybridized carbons (Fsp3) is 0.750. The van der Waals surface area contributed by atoms with E-state index in [1.165, 1.54) is 0 Å². The Kier molecular flexibility index (Phi) is 2.19. The Morgan fingerprint density at radius 1 is 1.50 bits per heavy atom. The fourth-order valence-corrected chi connectivity index (χ4v) is 1.29. The van der Waals surface area contributed by atoms with Crippen LogP contribution in [0.3, 0.4) is 0 Å². The van der Waals surface area contributed by atoms with E-state index in [1.54, 1.807) is 0 Å². The van der Waals surface area contributed by atoms with E-state index < -0.39 is 5.54 Å². The fourth-order valence-electron chi connectivity index (χ4n) is 1.29. The largest absolute Gasteiger partial charge is 0.317 e. The van der Waals surface area contributed by atoms with Gasteiger partial charge in [0.2, 0.25) is 11.8 Å². The van der Waals surface area contributed by atoms with Gasteiger partial charge in [-0.1, -0.05) is 13.8 Å². The maximum absolute atomic E-state index is 11.3. The number of carbonyl (C=O) groups excluding carboxylic acids is 2. The lowest BCUT2D eigenvalue weighted by Gasteiger charge is -2.34. The first kappa shape index (κ1) is 9.19. The summed E-state index contributed by atoms with van der Waals surface area (Å²) in [5.41, 5.74) is 4.99. The molecule has 0 spiro atoms. The van der Waals surface area contributed by atoms with Crippen LogP contribution in [0.2, 0.25) is 0 Å². The Bertz CT molecular complexity index is 225. The molecule has 12 heavy (non-hydrogen) atoms. The molecule has 0 aromatic carbocycles.